The summed E-state index contributed by atoms with van der Waals surface area (Å²) in [6, 6.07) is 0. The predicted molar refractivity (Wildman–Crippen MR) is 90.5 cm³/mol. The van der Waals surface area contributed by atoms with Crippen molar-refractivity contribution in [3.05, 3.63) is 0 Å². The molecule has 0 aliphatic heterocycles. The zero-order valence-electron chi connectivity index (χ0n) is 12.7. The van der Waals surface area contributed by atoms with E-state index in [2.05, 4.69) is 13.8 Å². The molecule has 18 heavy (non-hydrogen) atoms. The first-order chi connectivity index (χ1) is 7.91. The van der Waals surface area contributed by atoms with Gasteiger partial charge in [-0.25, -0.2) is 0 Å². The van der Waals surface area contributed by atoms with Gasteiger partial charge in [-0.15, -0.1) is 24.8 Å². The molecule has 0 saturated heterocycles. The highest BCUT2D eigenvalue weighted by Gasteiger charge is 1.92. The summed E-state index contributed by atoms with van der Waals surface area (Å²) in [7, 11) is 0. The van der Waals surface area contributed by atoms with Gasteiger partial charge in [0.25, 0.3) is 0 Å². The van der Waals surface area contributed by atoms with Crippen molar-refractivity contribution in [3.63, 3.8) is 0 Å². The van der Waals surface area contributed by atoms with Gasteiger partial charge >= 0.3 is 0 Å². The van der Waals surface area contributed by atoms with E-state index in [1.165, 1.54) is 89.9 Å². The highest BCUT2D eigenvalue weighted by molar-refractivity contribution is 5.85. The normalized spacial score (nSPS) is 9.67. The number of halogens is 2. The summed E-state index contributed by atoms with van der Waals surface area (Å²) in [6.07, 6.45) is 20.4. The zero-order chi connectivity index (χ0) is 11.9. The van der Waals surface area contributed by atoms with E-state index < -0.39 is 0 Å². The highest BCUT2D eigenvalue weighted by Crippen LogP contribution is 2.12. The van der Waals surface area contributed by atoms with Crippen LogP contribution in [0, 0.1) is 0 Å². The van der Waals surface area contributed by atoms with Gasteiger partial charge in [0.2, 0.25) is 0 Å². The van der Waals surface area contributed by atoms with Crippen LogP contribution in [0.4, 0.5) is 0 Å². The maximum absolute atomic E-state index is 2.29. The average molecular weight is 299 g/mol. The van der Waals surface area contributed by atoms with Gasteiger partial charge < -0.3 is 0 Å². The van der Waals surface area contributed by atoms with Crippen molar-refractivity contribution in [2.45, 2.75) is 104 Å². The van der Waals surface area contributed by atoms with E-state index in [9.17, 15) is 0 Å². The van der Waals surface area contributed by atoms with E-state index in [4.69, 9.17) is 0 Å². The van der Waals surface area contributed by atoms with E-state index in [0.29, 0.717) is 0 Å². The summed E-state index contributed by atoms with van der Waals surface area (Å²) < 4.78 is 0. The van der Waals surface area contributed by atoms with Gasteiger partial charge in [0.05, 0.1) is 0 Å². The number of unbranched alkanes of at least 4 members (excludes halogenated alkanes) is 13. The molecular formula is C16H36Cl2. The van der Waals surface area contributed by atoms with Crippen LogP contribution in [-0.2, 0) is 0 Å². The lowest BCUT2D eigenvalue weighted by molar-refractivity contribution is 0.538. The number of hydrogen-bond donors (Lipinski definition) is 0. The van der Waals surface area contributed by atoms with Crippen molar-refractivity contribution in [1.82, 2.24) is 0 Å². The third-order valence-electron chi connectivity index (χ3n) is 3.46. The van der Waals surface area contributed by atoms with Crippen LogP contribution in [0.2, 0.25) is 0 Å². The first-order valence-electron chi connectivity index (χ1n) is 7.91. The van der Waals surface area contributed by atoms with Gasteiger partial charge in [-0.05, 0) is 0 Å². The van der Waals surface area contributed by atoms with Crippen LogP contribution in [-0.4, -0.2) is 0 Å². The molecule has 0 aromatic carbocycles. The maximum atomic E-state index is 2.29. The molecule has 0 radical (unpaired) electrons. The van der Waals surface area contributed by atoms with Crippen LogP contribution in [0.15, 0.2) is 0 Å². The van der Waals surface area contributed by atoms with Crippen molar-refractivity contribution in [2.24, 2.45) is 0 Å². The van der Waals surface area contributed by atoms with Crippen LogP contribution >= 0.6 is 24.8 Å². The second-order valence-electron chi connectivity index (χ2n) is 5.24. The van der Waals surface area contributed by atoms with Gasteiger partial charge in [0.15, 0.2) is 0 Å². The molecule has 0 aliphatic carbocycles. The van der Waals surface area contributed by atoms with E-state index in [1.54, 1.807) is 0 Å². The quantitative estimate of drug-likeness (QED) is 0.312. The monoisotopic (exact) mass is 298 g/mol. The number of rotatable bonds is 13. The molecule has 0 aromatic rings. The van der Waals surface area contributed by atoms with Gasteiger partial charge in [-0.3, -0.25) is 0 Å². The maximum Gasteiger partial charge on any atom is -0.0533 e. The predicted octanol–water partition coefficient (Wildman–Crippen LogP) is 7.33. The van der Waals surface area contributed by atoms with Crippen LogP contribution < -0.4 is 0 Å². The molecule has 0 rings (SSSR count). The lowest BCUT2D eigenvalue weighted by Crippen LogP contribution is -1.82. The molecule has 0 amide bonds. The van der Waals surface area contributed by atoms with E-state index in [-0.39, 0.29) is 24.8 Å². The van der Waals surface area contributed by atoms with Crippen molar-refractivity contribution in [2.75, 3.05) is 0 Å². The Morgan fingerprint density at radius 2 is 0.500 bits per heavy atom. The summed E-state index contributed by atoms with van der Waals surface area (Å²) in [5.41, 5.74) is 0. The Kier molecular flexibility index (Phi) is 29.9. The second kappa shape index (κ2) is 22.7. The molecule has 2 heteroatoms. The fourth-order valence-corrected chi connectivity index (χ4v) is 2.27. The van der Waals surface area contributed by atoms with Crippen molar-refractivity contribution >= 4 is 24.8 Å². The van der Waals surface area contributed by atoms with Crippen molar-refractivity contribution in [1.29, 1.82) is 0 Å². The van der Waals surface area contributed by atoms with Crippen molar-refractivity contribution in [3.8, 4) is 0 Å². The standard InChI is InChI=1S/C16H34.2ClH/c1-3-5-7-9-11-13-15-16-14-12-10-8-6-4-2;;/h3-16H2,1-2H3;2*1H. The highest BCUT2D eigenvalue weighted by atomic mass is 35.5. The Morgan fingerprint density at radius 3 is 0.667 bits per heavy atom. The van der Waals surface area contributed by atoms with Gasteiger partial charge in [0, 0.05) is 0 Å². The van der Waals surface area contributed by atoms with Crippen LogP contribution in [0.1, 0.15) is 104 Å². The minimum atomic E-state index is 0. The van der Waals surface area contributed by atoms with E-state index >= 15 is 0 Å². The third-order valence-corrected chi connectivity index (χ3v) is 3.46. The molecule has 0 fully saturated rings. The smallest absolute Gasteiger partial charge is 0.0533 e. The summed E-state index contributed by atoms with van der Waals surface area (Å²) in [5, 5.41) is 0. The first-order valence-corrected chi connectivity index (χ1v) is 7.91. The second-order valence-corrected chi connectivity index (χ2v) is 5.24. The Morgan fingerprint density at radius 1 is 0.333 bits per heavy atom. The molecule has 0 spiro atoms. The third kappa shape index (κ3) is 21.8. The Labute approximate surface area is 129 Å². The lowest BCUT2D eigenvalue weighted by Gasteiger charge is -2.02. The Hall–Kier alpha value is 0.580. The largest absolute Gasteiger partial charge is 0.147 e. The van der Waals surface area contributed by atoms with Crippen molar-refractivity contribution < 1.29 is 0 Å². The zero-order valence-corrected chi connectivity index (χ0v) is 14.3. The summed E-state index contributed by atoms with van der Waals surface area (Å²) in [4.78, 5) is 0. The Balaban J connectivity index is -0.00000112. The summed E-state index contributed by atoms with van der Waals surface area (Å²) in [6.45, 7) is 4.58. The molecule has 0 aromatic heterocycles. The molecular weight excluding hydrogens is 263 g/mol. The fraction of sp³-hybridized carbons (Fsp3) is 1.00. The number of hydrogen-bond acceptors (Lipinski definition) is 0. The van der Waals surface area contributed by atoms with Crippen LogP contribution in [0.25, 0.3) is 0 Å². The Bertz CT molecular complexity index is 102. The summed E-state index contributed by atoms with van der Waals surface area (Å²) in [5.74, 6) is 0. The topological polar surface area (TPSA) is 0 Å². The molecule has 0 N–H and O–H groups in total. The lowest BCUT2D eigenvalue weighted by atomic mass is 10.0. The SMILES string of the molecule is CCCCCCCCCCCCCCCC.Cl.Cl. The van der Waals surface area contributed by atoms with Gasteiger partial charge in [-0.2, -0.15) is 0 Å². The fourth-order valence-electron chi connectivity index (χ4n) is 2.27. The minimum absolute atomic E-state index is 0. The first kappa shape index (κ1) is 23.7. The van der Waals surface area contributed by atoms with Crippen LogP contribution in [0.3, 0.4) is 0 Å². The summed E-state index contributed by atoms with van der Waals surface area (Å²) >= 11 is 0. The molecule has 0 saturated carbocycles. The molecule has 0 atom stereocenters. The average Bonchev–Trinajstić information content (AvgIpc) is 2.31. The molecule has 0 bridgehead atoms. The molecule has 0 aliphatic rings. The van der Waals surface area contributed by atoms with Crippen LogP contribution in [0.5, 0.6) is 0 Å². The van der Waals surface area contributed by atoms with Gasteiger partial charge in [-0.1, -0.05) is 104 Å². The molecule has 0 unspecified atom stereocenters. The molecule has 0 nitrogen and oxygen atoms in total. The molecule has 114 valence electrons. The van der Waals surface area contributed by atoms with Gasteiger partial charge in [0.1, 0.15) is 0 Å². The van der Waals surface area contributed by atoms with E-state index in [1.807, 2.05) is 0 Å². The van der Waals surface area contributed by atoms with E-state index in [0.717, 1.165) is 0 Å². The minimum Gasteiger partial charge on any atom is -0.147 e. The molecule has 0 heterocycles.